The summed E-state index contributed by atoms with van der Waals surface area (Å²) in [6, 6.07) is 0. The summed E-state index contributed by atoms with van der Waals surface area (Å²) in [6.45, 7) is 3.62. The van der Waals surface area contributed by atoms with Crippen molar-refractivity contribution >= 4 is 17.3 Å². The van der Waals surface area contributed by atoms with Gasteiger partial charge in [0.15, 0.2) is 0 Å². The number of halogens is 1. The normalized spacial score (nSPS) is 23.1. The van der Waals surface area contributed by atoms with E-state index in [0.29, 0.717) is 5.92 Å². The van der Waals surface area contributed by atoms with E-state index in [-0.39, 0.29) is 28.6 Å². The molecule has 1 aromatic rings. The molecule has 1 heterocycles. The maximum atomic E-state index is 11.1. The summed E-state index contributed by atoms with van der Waals surface area (Å²) in [5.41, 5.74) is 0.0330. The molecule has 6 nitrogen and oxygen atoms in total. The van der Waals surface area contributed by atoms with Crippen molar-refractivity contribution in [2.75, 3.05) is 0 Å². The minimum atomic E-state index is -0.519. The Bertz CT molecular complexity index is 495. The van der Waals surface area contributed by atoms with Gasteiger partial charge in [-0.2, -0.15) is 4.98 Å². The lowest BCUT2D eigenvalue weighted by Crippen LogP contribution is -2.29. The van der Waals surface area contributed by atoms with Crippen LogP contribution in [0.4, 0.5) is 5.69 Å². The number of nitrogens with zero attached hydrogens (tertiary/aromatic N) is 3. The van der Waals surface area contributed by atoms with Crippen LogP contribution in [-0.4, -0.2) is 21.0 Å². The van der Waals surface area contributed by atoms with Gasteiger partial charge in [0.2, 0.25) is 5.28 Å². The van der Waals surface area contributed by atoms with E-state index in [2.05, 4.69) is 16.9 Å². The zero-order valence-electron chi connectivity index (χ0n) is 10.9. The predicted octanol–water partition coefficient (Wildman–Crippen LogP) is 3.30. The van der Waals surface area contributed by atoms with Crippen molar-refractivity contribution in [2.45, 2.75) is 45.6 Å². The highest BCUT2D eigenvalue weighted by Gasteiger charge is 2.29. The Morgan fingerprint density at radius 1 is 1.37 bits per heavy atom. The molecule has 104 valence electrons. The van der Waals surface area contributed by atoms with Crippen LogP contribution in [0.2, 0.25) is 5.28 Å². The molecule has 0 aromatic carbocycles. The van der Waals surface area contributed by atoms with Crippen LogP contribution in [0.5, 0.6) is 5.88 Å². The Hall–Kier alpha value is -1.43. The molecule has 0 aliphatic heterocycles. The highest BCUT2D eigenvalue weighted by Crippen LogP contribution is 2.33. The zero-order valence-corrected chi connectivity index (χ0v) is 11.7. The first-order chi connectivity index (χ1) is 8.99. The smallest absolute Gasteiger partial charge is 0.352 e. The zero-order chi connectivity index (χ0) is 14.0. The second-order valence-electron chi connectivity index (χ2n) is 4.91. The van der Waals surface area contributed by atoms with Crippen LogP contribution in [-0.2, 0) is 0 Å². The van der Waals surface area contributed by atoms with Crippen LogP contribution in [0.15, 0.2) is 0 Å². The molecule has 0 radical (unpaired) electrons. The monoisotopic (exact) mass is 285 g/mol. The molecule has 2 rings (SSSR count). The third-order valence-corrected chi connectivity index (χ3v) is 3.65. The van der Waals surface area contributed by atoms with Gasteiger partial charge in [-0.15, -0.1) is 0 Å². The lowest BCUT2D eigenvalue weighted by molar-refractivity contribution is -0.387. The lowest BCUT2D eigenvalue weighted by Gasteiger charge is -2.28. The van der Waals surface area contributed by atoms with Crippen LogP contribution in [0.3, 0.4) is 0 Å². The largest absolute Gasteiger partial charge is 0.469 e. The average molecular weight is 286 g/mol. The molecule has 0 bridgehead atoms. The SMILES string of the molecule is Cc1nc(Cl)nc(OC2CCCCC2C)c1[N+](=O)[O-]. The first-order valence-electron chi connectivity index (χ1n) is 6.34. The Balaban J connectivity index is 2.30. The van der Waals surface area contributed by atoms with Crippen LogP contribution in [0, 0.1) is 23.0 Å². The van der Waals surface area contributed by atoms with Crippen LogP contribution in [0.1, 0.15) is 38.3 Å². The van der Waals surface area contributed by atoms with Crippen molar-refractivity contribution in [3.05, 3.63) is 21.1 Å². The number of aromatic nitrogens is 2. The van der Waals surface area contributed by atoms with E-state index in [1.807, 2.05) is 0 Å². The highest BCUT2D eigenvalue weighted by atomic mass is 35.5. The average Bonchev–Trinajstić information content (AvgIpc) is 2.30. The van der Waals surface area contributed by atoms with Gasteiger partial charge < -0.3 is 4.74 Å². The summed E-state index contributed by atoms with van der Waals surface area (Å²) in [4.78, 5) is 18.2. The van der Waals surface area contributed by atoms with Gasteiger partial charge in [-0.25, -0.2) is 4.98 Å². The molecule has 7 heteroatoms. The highest BCUT2D eigenvalue weighted by molar-refractivity contribution is 6.28. The van der Waals surface area contributed by atoms with Gasteiger partial charge in [0.1, 0.15) is 11.8 Å². The molecule has 0 saturated heterocycles. The van der Waals surface area contributed by atoms with Gasteiger partial charge in [0.05, 0.1) is 4.92 Å². The summed E-state index contributed by atoms with van der Waals surface area (Å²) >= 11 is 5.76. The summed E-state index contributed by atoms with van der Waals surface area (Å²) in [7, 11) is 0. The molecule has 0 spiro atoms. The van der Waals surface area contributed by atoms with Crippen molar-refractivity contribution < 1.29 is 9.66 Å². The van der Waals surface area contributed by atoms with E-state index in [4.69, 9.17) is 16.3 Å². The summed E-state index contributed by atoms with van der Waals surface area (Å²) in [5.74, 6) is 0.351. The van der Waals surface area contributed by atoms with E-state index >= 15 is 0 Å². The van der Waals surface area contributed by atoms with E-state index in [1.54, 1.807) is 0 Å². The van der Waals surface area contributed by atoms with E-state index < -0.39 is 4.92 Å². The summed E-state index contributed by atoms with van der Waals surface area (Å²) in [5, 5.41) is 11.1. The summed E-state index contributed by atoms with van der Waals surface area (Å²) < 4.78 is 5.74. The first-order valence-corrected chi connectivity index (χ1v) is 6.72. The third-order valence-electron chi connectivity index (χ3n) is 3.48. The summed E-state index contributed by atoms with van der Waals surface area (Å²) in [6.07, 6.45) is 4.15. The standard InChI is InChI=1S/C12H16ClN3O3/c1-7-5-3-4-6-9(7)19-11-10(16(17)18)8(2)14-12(13)15-11/h7,9H,3-6H2,1-2H3. The number of rotatable bonds is 3. The number of ether oxygens (including phenoxy) is 1. The number of nitro groups is 1. The fourth-order valence-electron chi connectivity index (χ4n) is 2.40. The predicted molar refractivity (Wildman–Crippen MR) is 70.5 cm³/mol. The van der Waals surface area contributed by atoms with Gasteiger partial charge in [0, 0.05) is 0 Å². The molecule has 1 aliphatic rings. The molecule has 1 aromatic heterocycles. The minimum Gasteiger partial charge on any atom is -0.469 e. The van der Waals surface area contributed by atoms with Crippen molar-refractivity contribution in [3.63, 3.8) is 0 Å². The maximum Gasteiger partial charge on any atom is 0.352 e. The molecule has 0 N–H and O–H groups in total. The van der Waals surface area contributed by atoms with Crippen molar-refractivity contribution in [3.8, 4) is 5.88 Å². The minimum absolute atomic E-state index is 0.0127. The molecular weight excluding hydrogens is 270 g/mol. The Labute approximate surface area is 116 Å². The quantitative estimate of drug-likeness (QED) is 0.484. The Kier molecular flexibility index (Phi) is 4.19. The van der Waals surface area contributed by atoms with Gasteiger partial charge in [-0.05, 0) is 43.7 Å². The van der Waals surface area contributed by atoms with E-state index in [9.17, 15) is 10.1 Å². The molecule has 1 aliphatic carbocycles. The van der Waals surface area contributed by atoms with Gasteiger partial charge >= 0.3 is 5.69 Å². The van der Waals surface area contributed by atoms with Gasteiger partial charge in [0.25, 0.3) is 5.88 Å². The van der Waals surface area contributed by atoms with Crippen LogP contribution < -0.4 is 4.74 Å². The van der Waals surface area contributed by atoms with Gasteiger partial charge in [-0.3, -0.25) is 10.1 Å². The Morgan fingerprint density at radius 2 is 2.05 bits per heavy atom. The van der Waals surface area contributed by atoms with E-state index in [0.717, 1.165) is 19.3 Å². The van der Waals surface area contributed by atoms with Crippen molar-refractivity contribution in [1.82, 2.24) is 9.97 Å². The van der Waals surface area contributed by atoms with Crippen molar-refractivity contribution in [1.29, 1.82) is 0 Å². The maximum absolute atomic E-state index is 11.1. The molecule has 1 fully saturated rings. The van der Waals surface area contributed by atoms with Crippen LogP contribution in [0.25, 0.3) is 0 Å². The first kappa shape index (κ1) is 14.0. The molecule has 2 atom stereocenters. The second kappa shape index (κ2) is 5.69. The van der Waals surface area contributed by atoms with Crippen molar-refractivity contribution in [2.24, 2.45) is 5.92 Å². The topological polar surface area (TPSA) is 78.2 Å². The Morgan fingerprint density at radius 3 is 2.68 bits per heavy atom. The number of hydrogen-bond donors (Lipinski definition) is 0. The van der Waals surface area contributed by atoms with Gasteiger partial charge in [-0.1, -0.05) is 13.3 Å². The van der Waals surface area contributed by atoms with Crippen LogP contribution >= 0.6 is 11.6 Å². The number of hydrogen-bond acceptors (Lipinski definition) is 5. The molecular formula is C12H16ClN3O3. The fourth-order valence-corrected chi connectivity index (χ4v) is 2.60. The third kappa shape index (κ3) is 3.12. The lowest BCUT2D eigenvalue weighted by atomic mass is 9.88. The molecule has 0 amide bonds. The molecule has 19 heavy (non-hydrogen) atoms. The fraction of sp³-hybridized carbons (Fsp3) is 0.667. The number of aryl methyl sites for hydroxylation is 1. The van der Waals surface area contributed by atoms with E-state index in [1.165, 1.54) is 13.3 Å². The molecule has 1 saturated carbocycles. The second-order valence-corrected chi connectivity index (χ2v) is 5.25. The molecule has 2 unspecified atom stereocenters.